The van der Waals surface area contributed by atoms with Crippen LogP contribution < -0.4 is 4.74 Å². The Bertz CT molecular complexity index is 1270. The van der Waals surface area contributed by atoms with Gasteiger partial charge >= 0.3 is 6.36 Å². The van der Waals surface area contributed by atoms with E-state index in [4.69, 9.17) is 11.6 Å². The lowest BCUT2D eigenvalue weighted by Crippen LogP contribution is -2.60. The van der Waals surface area contributed by atoms with Gasteiger partial charge in [-0.25, -0.2) is 0 Å². The third-order valence-corrected chi connectivity index (χ3v) is 9.58. The van der Waals surface area contributed by atoms with E-state index in [1.807, 2.05) is 41.0 Å². The second-order valence-electron chi connectivity index (χ2n) is 13.1. The van der Waals surface area contributed by atoms with Crippen LogP contribution in [0.5, 0.6) is 5.75 Å². The third-order valence-electron chi connectivity index (χ3n) is 9.04. The molecule has 0 aliphatic carbocycles. The number of carbonyl (C=O) groups excluding carboxylic acids is 2. The molecule has 2 amide bonds. The van der Waals surface area contributed by atoms with Crippen molar-refractivity contribution in [2.75, 3.05) is 32.7 Å². The summed E-state index contributed by atoms with van der Waals surface area (Å²) in [5, 5.41) is -0.225. The average Bonchev–Trinajstić information content (AvgIpc) is 2.97. The molecule has 2 heterocycles. The lowest BCUT2D eigenvalue weighted by molar-refractivity contribution is -0.274. The highest BCUT2D eigenvalue weighted by Gasteiger charge is 2.41. The summed E-state index contributed by atoms with van der Waals surface area (Å²) in [7, 11) is 0. The van der Waals surface area contributed by atoms with E-state index < -0.39 is 6.36 Å². The molecule has 0 bridgehead atoms. The van der Waals surface area contributed by atoms with E-state index in [-0.39, 0.29) is 46.4 Å². The highest BCUT2D eigenvalue weighted by Crippen LogP contribution is 2.40. The van der Waals surface area contributed by atoms with E-state index in [2.05, 4.69) is 30.4 Å². The predicted octanol–water partition coefficient (Wildman–Crippen LogP) is 7.57. The van der Waals surface area contributed by atoms with Gasteiger partial charge in [0, 0.05) is 52.1 Å². The van der Waals surface area contributed by atoms with Crippen molar-refractivity contribution in [2.45, 2.75) is 84.1 Å². The van der Waals surface area contributed by atoms with Gasteiger partial charge in [-0.1, -0.05) is 64.1 Å². The highest BCUT2D eigenvalue weighted by molar-refractivity contribution is 6.20. The molecule has 0 spiro atoms. The van der Waals surface area contributed by atoms with Crippen molar-refractivity contribution in [3.63, 3.8) is 0 Å². The number of alkyl halides is 4. The van der Waals surface area contributed by atoms with Crippen LogP contribution in [0.2, 0.25) is 0 Å². The molecule has 3 atom stereocenters. The summed E-state index contributed by atoms with van der Waals surface area (Å²) in [4.78, 5) is 31.8. The van der Waals surface area contributed by atoms with Gasteiger partial charge in [-0.05, 0) is 59.4 Å². The molecular weight excluding hydrogens is 591 g/mol. The SMILES string of the molecule is CCC(Cl)c1ccccc1C(c1ccc(OC(F)(F)F)cc1)N1CCN(C(=O)CC2CCN(C(C)=O)CC2)[C@@H](C(C)(C)C)C1. The average molecular weight is 636 g/mol. The minimum Gasteiger partial charge on any atom is -0.406 e. The molecule has 2 aliphatic heterocycles. The zero-order chi connectivity index (χ0) is 32.2. The number of hydrogen-bond acceptors (Lipinski definition) is 4. The zero-order valence-electron chi connectivity index (χ0n) is 26.4. The van der Waals surface area contributed by atoms with Gasteiger partial charge in [-0.2, -0.15) is 0 Å². The van der Waals surface area contributed by atoms with Crippen molar-refractivity contribution in [3.8, 4) is 5.75 Å². The lowest BCUT2D eigenvalue weighted by atomic mass is 9.82. The normalized spacial score (nSPS) is 20.3. The number of piperazine rings is 1. The van der Waals surface area contributed by atoms with Crippen LogP contribution in [0.1, 0.15) is 88.4 Å². The number of rotatable bonds is 8. The molecule has 242 valence electrons. The van der Waals surface area contributed by atoms with Crippen LogP contribution in [-0.4, -0.2) is 71.6 Å². The number of piperidine rings is 1. The molecule has 2 unspecified atom stereocenters. The van der Waals surface area contributed by atoms with Crippen molar-refractivity contribution in [1.82, 2.24) is 14.7 Å². The summed E-state index contributed by atoms with van der Waals surface area (Å²) in [5.41, 5.74) is 2.60. The smallest absolute Gasteiger partial charge is 0.406 e. The second kappa shape index (κ2) is 14.1. The van der Waals surface area contributed by atoms with E-state index in [0.29, 0.717) is 39.1 Å². The Morgan fingerprint density at radius 2 is 1.57 bits per heavy atom. The van der Waals surface area contributed by atoms with Crippen molar-refractivity contribution >= 4 is 23.4 Å². The van der Waals surface area contributed by atoms with Crippen molar-refractivity contribution in [1.29, 1.82) is 0 Å². The van der Waals surface area contributed by atoms with Crippen molar-refractivity contribution in [3.05, 3.63) is 65.2 Å². The minimum atomic E-state index is -4.77. The fourth-order valence-corrected chi connectivity index (χ4v) is 6.80. The van der Waals surface area contributed by atoms with Crippen LogP contribution in [-0.2, 0) is 9.59 Å². The largest absolute Gasteiger partial charge is 0.573 e. The summed E-state index contributed by atoms with van der Waals surface area (Å²) in [6, 6.07) is 13.7. The Balaban J connectivity index is 1.62. The zero-order valence-corrected chi connectivity index (χ0v) is 27.1. The molecule has 10 heteroatoms. The quantitative estimate of drug-likeness (QED) is 0.281. The molecule has 0 N–H and O–H groups in total. The van der Waals surface area contributed by atoms with Gasteiger partial charge in [-0.15, -0.1) is 24.8 Å². The summed E-state index contributed by atoms with van der Waals surface area (Å²) in [5.74, 6) is 0.206. The predicted molar refractivity (Wildman–Crippen MR) is 166 cm³/mol. The number of amides is 2. The lowest BCUT2D eigenvalue weighted by Gasteiger charge is -2.50. The van der Waals surface area contributed by atoms with Crippen LogP contribution in [0.3, 0.4) is 0 Å². The first-order valence-corrected chi connectivity index (χ1v) is 16.0. The molecule has 44 heavy (non-hydrogen) atoms. The third kappa shape index (κ3) is 8.47. The van der Waals surface area contributed by atoms with Crippen molar-refractivity contribution in [2.24, 2.45) is 11.3 Å². The van der Waals surface area contributed by atoms with E-state index >= 15 is 0 Å². The number of likely N-dealkylation sites (tertiary alicyclic amines) is 1. The monoisotopic (exact) mass is 635 g/mol. The van der Waals surface area contributed by atoms with Crippen LogP contribution in [0, 0.1) is 11.3 Å². The van der Waals surface area contributed by atoms with Gasteiger partial charge in [0.15, 0.2) is 0 Å². The van der Waals surface area contributed by atoms with Crippen LogP contribution in [0.4, 0.5) is 13.2 Å². The van der Waals surface area contributed by atoms with Gasteiger partial charge < -0.3 is 14.5 Å². The summed E-state index contributed by atoms with van der Waals surface area (Å²) in [6.07, 6.45) is -1.92. The maximum atomic E-state index is 13.8. The molecule has 4 rings (SSSR count). The first kappa shape index (κ1) is 34.1. The maximum Gasteiger partial charge on any atom is 0.573 e. The Labute approximate surface area is 264 Å². The fourth-order valence-electron chi connectivity index (χ4n) is 6.60. The van der Waals surface area contributed by atoms with Gasteiger partial charge in [-0.3, -0.25) is 14.5 Å². The summed E-state index contributed by atoms with van der Waals surface area (Å²) < 4.78 is 42.8. The molecule has 2 aliphatic rings. The van der Waals surface area contributed by atoms with E-state index in [9.17, 15) is 22.8 Å². The van der Waals surface area contributed by atoms with E-state index in [0.717, 1.165) is 36.0 Å². The molecule has 2 fully saturated rings. The molecule has 2 aromatic carbocycles. The first-order chi connectivity index (χ1) is 20.7. The Kier molecular flexibility index (Phi) is 10.9. The Morgan fingerprint density at radius 3 is 2.11 bits per heavy atom. The number of nitrogens with zero attached hydrogens (tertiary/aromatic N) is 3. The number of benzene rings is 2. The Morgan fingerprint density at radius 1 is 0.955 bits per heavy atom. The molecule has 0 radical (unpaired) electrons. The second-order valence-corrected chi connectivity index (χ2v) is 13.7. The number of hydrogen-bond donors (Lipinski definition) is 0. The molecule has 0 saturated carbocycles. The van der Waals surface area contributed by atoms with Crippen LogP contribution in [0.25, 0.3) is 0 Å². The number of halogens is 4. The van der Waals surface area contributed by atoms with Crippen LogP contribution >= 0.6 is 11.6 Å². The van der Waals surface area contributed by atoms with Crippen LogP contribution in [0.15, 0.2) is 48.5 Å². The van der Waals surface area contributed by atoms with Crippen molar-refractivity contribution < 1.29 is 27.5 Å². The highest BCUT2D eigenvalue weighted by atomic mass is 35.5. The standard InChI is InChI=1S/C34H45ClF3N3O3/c1-6-29(35)27-9-7-8-10-28(27)32(25-11-13-26(14-12-25)44-34(36,37)38)40-19-20-41(30(22-40)33(3,4)5)31(43)21-24-15-17-39(18-16-24)23(2)42/h7-14,24,29-30,32H,6,15-22H2,1-5H3/t29?,30-,32?/m1/s1. The Hall–Kier alpha value is -2.78. The minimum absolute atomic E-state index is 0.0803. The topological polar surface area (TPSA) is 53.1 Å². The maximum absolute atomic E-state index is 13.8. The summed E-state index contributed by atoms with van der Waals surface area (Å²) >= 11 is 6.81. The molecule has 2 aromatic rings. The van der Waals surface area contributed by atoms with Gasteiger partial charge in [0.25, 0.3) is 0 Å². The molecule has 2 saturated heterocycles. The summed E-state index contributed by atoms with van der Waals surface area (Å²) in [6.45, 7) is 13.2. The van der Waals surface area contributed by atoms with E-state index in [1.54, 1.807) is 19.1 Å². The molecule has 0 aromatic heterocycles. The molecular formula is C34H45ClF3N3O3. The number of ether oxygens (including phenoxy) is 1. The first-order valence-electron chi connectivity index (χ1n) is 15.6. The fraction of sp³-hybridized carbons (Fsp3) is 0.588. The molecule has 6 nitrogen and oxygen atoms in total. The van der Waals surface area contributed by atoms with Gasteiger partial charge in [0.1, 0.15) is 5.75 Å². The number of carbonyl (C=O) groups is 2. The van der Waals surface area contributed by atoms with E-state index in [1.165, 1.54) is 12.1 Å². The van der Waals surface area contributed by atoms with Gasteiger partial charge in [0.2, 0.25) is 11.8 Å². The van der Waals surface area contributed by atoms with Gasteiger partial charge in [0.05, 0.1) is 11.4 Å².